The Kier molecular flexibility index (Phi) is 5.31. The van der Waals surface area contributed by atoms with Gasteiger partial charge in [0, 0.05) is 17.2 Å². The molecule has 0 amide bonds. The Balaban J connectivity index is 2.06. The van der Waals surface area contributed by atoms with Crippen molar-refractivity contribution >= 4 is 18.7 Å². The standard InChI is InChI=1S/C18H19BF3N3O4/c1-17(2)18(3,4)29-19(28-17)15(22)12(11-6-5-10(20)7-13(11)21)8-25-9-14(16(26)27)23-24-25/h5-7,9H,8H2,1-4H3,(H,26,27). The molecule has 0 unspecified atom stereocenters. The largest absolute Gasteiger partial charge is 0.525 e. The van der Waals surface area contributed by atoms with E-state index in [-0.39, 0.29) is 23.4 Å². The number of allylic oxidation sites excluding steroid dienone is 1. The Morgan fingerprint density at radius 1 is 1.21 bits per heavy atom. The fourth-order valence-electron chi connectivity index (χ4n) is 2.75. The van der Waals surface area contributed by atoms with Gasteiger partial charge in [0.2, 0.25) is 0 Å². The van der Waals surface area contributed by atoms with Crippen molar-refractivity contribution in [2.24, 2.45) is 0 Å². The summed E-state index contributed by atoms with van der Waals surface area (Å²) >= 11 is 0. The Bertz CT molecular complexity index is 974. The minimum Gasteiger partial charge on any atom is -0.476 e. The summed E-state index contributed by atoms with van der Waals surface area (Å²) in [6.45, 7) is 6.55. The quantitative estimate of drug-likeness (QED) is 0.764. The molecule has 0 radical (unpaired) electrons. The fraction of sp³-hybridized carbons (Fsp3) is 0.389. The van der Waals surface area contributed by atoms with Crippen LogP contribution in [-0.2, 0) is 15.9 Å². The number of nitrogens with zero attached hydrogens (tertiary/aromatic N) is 3. The molecule has 2 aromatic rings. The van der Waals surface area contributed by atoms with Crippen LogP contribution in [-0.4, -0.2) is 44.4 Å². The first-order valence-corrected chi connectivity index (χ1v) is 8.74. The van der Waals surface area contributed by atoms with Gasteiger partial charge in [0.25, 0.3) is 0 Å². The van der Waals surface area contributed by atoms with Gasteiger partial charge in [0.05, 0.1) is 23.9 Å². The molecule has 3 rings (SSSR count). The van der Waals surface area contributed by atoms with E-state index >= 15 is 4.39 Å². The SMILES string of the molecule is CC1(C)OB(C(F)=C(Cn2cc(C(=O)O)nn2)c2ccc(F)cc2F)OC1(C)C. The molecule has 29 heavy (non-hydrogen) atoms. The Labute approximate surface area is 165 Å². The molecule has 1 aromatic carbocycles. The Hall–Kier alpha value is -2.66. The molecule has 0 bridgehead atoms. The van der Waals surface area contributed by atoms with Crippen LogP contribution in [0, 0.1) is 11.6 Å². The second kappa shape index (κ2) is 7.31. The number of halogens is 3. The Morgan fingerprint density at radius 2 is 1.83 bits per heavy atom. The van der Waals surface area contributed by atoms with Crippen molar-refractivity contribution in [1.82, 2.24) is 15.0 Å². The van der Waals surface area contributed by atoms with Gasteiger partial charge in [0.1, 0.15) is 17.4 Å². The average molecular weight is 409 g/mol. The lowest BCUT2D eigenvalue weighted by Crippen LogP contribution is -2.41. The smallest absolute Gasteiger partial charge is 0.476 e. The number of hydrogen-bond acceptors (Lipinski definition) is 5. The van der Waals surface area contributed by atoms with Gasteiger partial charge in [-0.2, -0.15) is 0 Å². The number of rotatable bonds is 5. The summed E-state index contributed by atoms with van der Waals surface area (Å²) in [7, 11) is -1.43. The van der Waals surface area contributed by atoms with Gasteiger partial charge >= 0.3 is 13.1 Å². The highest BCUT2D eigenvalue weighted by atomic mass is 19.1. The predicted molar refractivity (Wildman–Crippen MR) is 97.4 cm³/mol. The van der Waals surface area contributed by atoms with E-state index in [0.717, 1.165) is 23.0 Å². The van der Waals surface area contributed by atoms with Crippen LogP contribution in [0.5, 0.6) is 0 Å². The summed E-state index contributed by atoms with van der Waals surface area (Å²) in [6.07, 6.45) is 1.07. The number of carbonyl (C=O) groups is 1. The molecule has 2 heterocycles. The first kappa shape index (κ1) is 21.1. The van der Waals surface area contributed by atoms with E-state index in [1.54, 1.807) is 27.7 Å². The lowest BCUT2D eigenvalue weighted by atomic mass is 9.82. The third-order valence-corrected chi connectivity index (χ3v) is 5.08. The molecule has 1 fully saturated rings. The van der Waals surface area contributed by atoms with E-state index < -0.39 is 41.7 Å². The summed E-state index contributed by atoms with van der Waals surface area (Å²) < 4.78 is 55.6. The zero-order valence-electron chi connectivity index (χ0n) is 16.2. The molecule has 0 atom stereocenters. The van der Waals surface area contributed by atoms with Crippen molar-refractivity contribution in [1.29, 1.82) is 0 Å². The molecule has 7 nitrogen and oxygen atoms in total. The molecule has 1 saturated heterocycles. The number of benzene rings is 1. The number of carboxylic acid groups (broad SMARTS) is 1. The molecular formula is C18H19BF3N3O4. The number of aromatic carboxylic acids is 1. The molecule has 0 aliphatic carbocycles. The first-order chi connectivity index (χ1) is 13.4. The normalized spacial score (nSPS) is 18.7. The van der Waals surface area contributed by atoms with Crippen molar-refractivity contribution in [3.8, 4) is 0 Å². The maximum absolute atomic E-state index is 15.5. The zero-order valence-corrected chi connectivity index (χ0v) is 16.2. The number of hydrogen-bond donors (Lipinski definition) is 1. The molecule has 1 N–H and O–H groups in total. The maximum Gasteiger partial charge on any atom is 0.525 e. The van der Waals surface area contributed by atoms with Gasteiger partial charge in [-0.25, -0.2) is 22.6 Å². The fourth-order valence-corrected chi connectivity index (χ4v) is 2.75. The Morgan fingerprint density at radius 3 is 2.34 bits per heavy atom. The maximum atomic E-state index is 15.5. The van der Waals surface area contributed by atoms with Gasteiger partial charge < -0.3 is 14.4 Å². The van der Waals surface area contributed by atoms with Crippen LogP contribution in [0.4, 0.5) is 13.2 Å². The van der Waals surface area contributed by atoms with Crippen LogP contribution >= 0.6 is 0 Å². The highest BCUT2D eigenvalue weighted by Crippen LogP contribution is 2.40. The lowest BCUT2D eigenvalue weighted by Gasteiger charge is -2.32. The molecule has 11 heteroatoms. The van der Waals surface area contributed by atoms with Crippen LogP contribution in [0.15, 0.2) is 30.1 Å². The minimum absolute atomic E-state index is 0.231. The second-order valence-corrected chi connectivity index (χ2v) is 7.65. The van der Waals surface area contributed by atoms with Crippen LogP contribution in [0.2, 0.25) is 0 Å². The summed E-state index contributed by atoms with van der Waals surface area (Å²) in [5, 5.41) is 16.1. The molecule has 0 spiro atoms. The van der Waals surface area contributed by atoms with Crippen LogP contribution < -0.4 is 0 Å². The topological polar surface area (TPSA) is 86.5 Å². The van der Waals surface area contributed by atoms with Gasteiger partial charge in [-0.1, -0.05) is 5.21 Å². The first-order valence-electron chi connectivity index (χ1n) is 8.74. The van der Waals surface area contributed by atoms with Crippen LogP contribution in [0.1, 0.15) is 43.7 Å². The molecule has 1 aliphatic heterocycles. The minimum atomic E-state index is -1.43. The second-order valence-electron chi connectivity index (χ2n) is 7.65. The predicted octanol–water partition coefficient (Wildman–Crippen LogP) is 3.27. The lowest BCUT2D eigenvalue weighted by molar-refractivity contribution is 0.00578. The van der Waals surface area contributed by atoms with Gasteiger partial charge in [0.15, 0.2) is 5.69 Å². The van der Waals surface area contributed by atoms with Gasteiger partial charge in [-0.05, 0) is 39.8 Å². The number of carboxylic acids is 1. The van der Waals surface area contributed by atoms with Crippen LogP contribution in [0.25, 0.3) is 5.57 Å². The van der Waals surface area contributed by atoms with Crippen LogP contribution in [0.3, 0.4) is 0 Å². The molecule has 154 valence electrons. The van der Waals surface area contributed by atoms with E-state index in [1.807, 2.05) is 0 Å². The molecule has 1 aliphatic rings. The third-order valence-electron chi connectivity index (χ3n) is 5.08. The summed E-state index contributed by atoms with van der Waals surface area (Å²) in [5.41, 5.74) is -3.44. The van der Waals surface area contributed by atoms with Crippen molar-refractivity contribution in [2.75, 3.05) is 0 Å². The van der Waals surface area contributed by atoms with Gasteiger partial charge in [-0.3, -0.25) is 0 Å². The zero-order chi connectivity index (χ0) is 21.6. The van der Waals surface area contributed by atoms with E-state index in [2.05, 4.69) is 10.3 Å². The summed E-state index contributed by atoms with van der Waals surface area (Å²) in [6, 6.07) is 2.69. The summed E-state index contributed by atoms with van der Waals surface area (Å²) in [5.74, 6) is -3.14. The van der Waals surface area contributed by atoms with Crippen molar-refractivity contribution < 1.29 is 32.4 Å². The highest BCUT2D eigenvalue weighted by Gasteiger charge is 2.53. The third kappa shape index (κ3) is 4.06. The van der Waals surface area contributed by atoms with E-state index in [1.165, 1.54) is 0 Å². The molecule has 1 aromatic heterocycles. The average Bonchev–Trinajstić information content (AvgIpc) is 3.15. The van der Waals surface area contributed by atoms with Crippen molar-refractivity contribution in [3.05, 3.63) is 53.0 Å². The molecular weight excluding hydrogens is 390 g/mol. The number of aromatic nitrogens is 3. The van der Waals surface area contributed by atoms with Crippen molar-refractivity contribution in [3.63, 3.8) is 0 Å². The van der Waals surface area contributed by atoms with E-state index in [4.69, 9.17) is 14.4 Å². The van der Waals surface area contributed by atoms with Gasteiger partial charge in [-0.15, -0.1) is 5.10 Å². The molecule has 0 saturated carbocycles. The monoisotopic (exact) mass is 409 g/mol. The van der Waals surface area contributed by atoms with E-state index in [0.29, 0.717) is 6.07 Å². The van der Waals surface area contributed by atoms with E-state index in [9.17, 15) is 13.6 Å². The summed E-state index contributed by atoms with van der Waals surface area (Å²) in [4.78, 5) is 11.0. The van der Waals surface area contributed by atoms with Crippen molar-refractivity contribution in [2.45, 2.75) is 45.4 Å². The highest BCUT2D eigenvalue weighted by molar-refractivity contribution is 6.55.